The fourth-order valence-corrected chi connectivity index (χ4v) is 4.59. The molecule has 1 N–H and O–H groups in total. The van der Waals surface area contributed by atoms with Gasteiger partial charge in [0.1, 0.15) is 5.82 Å². The maximum Gasteiger partial charge on any atom is 0.304 e. The number of halogens is 1. The van der Waals surface area contributed by atoms with Gasteiger partial charge < -0.3 is 5.11 Å². The van der Waals surface area contributed by atoms with Crippen LogP contribution in [0.3, 0.4) is 0 Å². The fraction of sp³-hybridized carbons (Fsp3) is 0.176. The van der Waals surface area contributed by atoms with Gasteiger partial charge in [-0.2, -0.15) is 9.78 Å². The van der Waals surface area contributed by atoms with E-state index in [0.29, 0.717) is 23.1 Å². The van der Waals surface area contributed by atoms with E-state index in [1.807, 2.05) is 17.5 Å². The zero-order chi connectivity index (χ0) is 18.1. The number of nitrogens with zero attached hydrogens (tertiary/aromatic N) is 4. The number of thioether (sulfide) groups is 1. The van der Waals surface area contributed by atoms with E-state index in [9.17, 15) is 14.3 Å². The highest BCUT2D eigenvalue weighted by Gasteiger charge is 2.31. The molecule has 0 saturated heterocycles. The molecule has 0 aliphatic carbocycles. The van der Waals surface area contributed by atoms with Gasteiger partial charge in [-0.15, -0.1) is 21.5 Å². The number of hydrogen-bond donors (Lipinski definition) is 1. The smallest absolute Gasteiger partial charge is 0.304 e. The summed E-state index contributed by atoms with van der Waals surface area (Å²) in [7, 11) is 0. The Kier molecular flexibility index (Phi) is 4.56. The standard InChI is InChI=1S/C17H13FN4O2S2/c18-11-5-3-10(4-6-11)8-14-19-20-17-22(14)21-16(12-2-1-7-25-12)13(26-17)9-15(23)24/h1-7,13H,8-9H2,(H,23,24)/t13-/m1/s1. The van der Waals surface area contributed by atoms with Crippen molar-refractivity contribution in [1.29, 1.82) is 0 Å². The number of carbonyl (C=O) groups is 1. The summed E-state index contributed by atoms with van der Waals surface area (Å²) in [6.45, 7) is 0. The Labute approximate surface area is 156 Å². The quantitative estimate of drug-likeness (QED) is 0.726. The van der Waals surface area contributed by atoms with Crippen molar-refractivity contribution in [3.63, 3.8) is 0 Å². The zero-order valence-corrected chi connectivity index (χ0v) is 15.0. The highest BCUT2D eigenvalue weighted by molar-refractivity contribution is 8.00. The van der Waals surface area contributed by atoms with Gasteiger partial charge in [0.15, 0.2) is 5.82 Å². The third-order valence-corrected chi connectivity index (χ3v) is 5.88. The molecule has 0 amide bonds. The molecule has 1 atom stereocenters. The van der Waals surface area contributed by atoms with Crippen LogP contribution in [-0.4, -0.2) is 36.9 Å². The zero-order valence-electron chi connectivity index (χ0n) is 13.4. The third kappa shape index (κ3) is 3.40. The van der Waals surface area contributed by atoms with Crippen LogP contribution in [0.25, 0.3) is 0 Å². The molecule has 0 spiro atoms. The van der Waals surface area contributed by atoms with Gasteiger partial charge in [0.05, 0.1) is 22.3 Å². The average molecular weight is 388 g/mol. The molecular weight excluding hydrogens is 375 g/mol. The summed E-state index contributed by atoms with van der Waals surface area (Å²) in [6, 6.07) is 10.0. The number of rotatable bonds is 5. The first-order chi connectivity index (χ1) is 12.6. The molecule has 4 rings (SSSR count). The van der Waals surface area contributed by atoms with E-state index in [-0.39, 0.29) is 17.5 Å². The average Bonchev–Trinajstić information content (AvgIpc) is 3.26. The summed E-state index contributed by atoms with van der Waals surface area (Å²) >= 11 is 2.87. The molecule has 1 aromatic carbocycles. The Morgan fingerprint density at radius 3 is 2.73 bits per heavy atom. The van der Waals surface area contributed by atoms with Crippen LogP contribution in [0, 0.1) is 5.82 Å². The van der Waals surface area contributed by atoms with Gasteiger partial charge in [-0.3, -0.25) is 4.79 Å². The molecule has 0 fully saturated rings. The highest BCUT2D eigenvalue weighted by Crippen LogP contribution is 2.33. The molecule has 0 radical (unpaired) electrons. The maximum absolute atomic E-state index is 13.1. The second-order valence-electron chi connectivity index (χ2n) is 5.68. The minimum Gasteiger partial charge on any atom is -0.481 e. The number of aromatic nitrogens is 3. The van der Waals surface area contributed by atoms with E-state index in [1.165, 1.54) is 35.2 Å². The molecule has 9 heteroatoms. The van der Waals surface area contributed by atoms with Crippen molar-refractivity contribution in [1.82, 2.24) is 14.9 Å². The lowest BCUT2D eigenvalue weighted by atomic mass is 10.1. The van der Waals surface area contributed by atoms with Crippen molar-refractivity contribution in [3.8, 4) is 0 Å². The van der Waals surface area contributed by atoms with E-state index in [4.69, 9.17) is 0 Å². The van der Waals surface area contributed by atoms with Gasteiger partial charge in [0, 0.05) is 6.42 Å². The van der Waals surface area contributed by atoms with Crippen LogP contribution in [0.4, 0.5) is 4.39 Å². The molecule has 26 heavy (non-hydrogen) atoms. The van der Waals surface area contributed by atoms with Crippen LogP contribution < -0.4 is 0 Å². The van der Waals surface area contributed by atoms with Gasteiger partial charge in [-0.25, -0.2) is 4.39 Å². The van der Waals surface area contributed by atoms with Crippen LogP contribution in [0.15, 0.2) is 52.0 Å². The van der Waals surface area contributed by atoms with Gasteiger partial charge in [-0.1, -0.05) is 30.0 Å². The Balaban J connectivity index is 1.70. The minimum atomic E-state index is -0.883. The summed E-state index contributed by atoms with van der Waals surface area (Å²) in [6.07, 6.45) is 0.417. The van der Waals surface area contributed by atoms with Crippen LogP contribution >= 0.6 is 23.1 Å². The number of carboxylic acids is 1. The molecule has 1 aliphatic rings. The number of aliphatic carboxylic acids is 1. The van der Waals surface area contributed by atoms with Gasteiger partial charge >= 0.3 is 5.97 Å². The van der Waals surface area contributed by atoms with Crippen molar-refractivity contribution >= 4 is 34.8 Å². The number of carboxylic acid groups (broad SMARTS) is 1. The normalized spacial score (nSPS) is 16.2. The first kappa shape index (κ1) is 16.9. The SMILES string of the molecule is O=C(O)C[C@H]1Sc2nnc(Cc3ccc(F)cc3)n2N=C1c1cccs1. The molecule has 1 aliphatic heterocycles. The van der Waals surface area contributed by atoms with E-state index < -0.39 is 5.97 Å². The monoisotopic (exact) mass is 388 g/mol. The third-order valence-electron chi connectivity index (χ3n) is 3.85. The largest absolute Gasteiger partial charge is 0.481 e. The van der Waals surface area contributed by atoms with E-state index >= 15 is 0 Å². The van der Waals surface area contributed by atoms with Crippen molar-refractivity contribution in [2.75, 3.05) is 0 Å². The topological polar surface area (TPSA) is 80.4 Å². The summed E-state index contributed by atoms with van der Waals surface area (Å²) in [5, 5.41) is 24.4. The lowest BCUT2D eigenvalue weighted by Crippen LogP contribution is -2.26. The highest BCUT2D eigenvalue weighted by atomic mass is 32.2. The van der Waals surface area contributed by atoms with E-state index in [0.717, 1.165) is 10.4 Å². The van der Waals surface area contributed by atoms with Crippen LogP contribution in [0.5, 0.6) is 0 Å². The van der Waals surface area contributed by atoms with Gasteiger partial charge in [0.25, 0.3) is 0 Å². The van der Waals surface area contributed by atoms with E-state index in [2.05, 4.69) is 15.3 Å². The Morgan fingerprint density at radius 2 is 2.04 bits per heavy atom. The number of thiophene rings is 1. The number of benzene rings is 1. The Morgan fingerprint density at radius 1 is 1.23 bits per heavy atom. The number of fused-ring (bicyclic) bond motifs is 1. The fourth-order valence-electron chi connectivity index (χ4n) is 2.65. The first-order valence-corrected chi connectivity index (χ1v) is 9.56. The van der Waals surface area contributed by atoms with Crippen molar-refractivity contribution in [2.45, 2.75) is 23.2 Å². The van der Waals surface area contributed by atoms with Crippen molar-refractivity contribution in [3.05, 3.63) is 63.9 Å². The second-order valence-corrected chi connectivity index (χ2v) is 7.80. The molecular formula is C17H13FN4O2S2. The number of hydrogen-bond acceptors (Lipinski definition) is 6. The molecule has 6 nitrogen and oxygen atoms in total. The predicted octanol–water partition coefficient (Wildman–Crippen LogP) is 3.27. The summed E-state index contributed by atoms with van der Waals surface area (Å²) in [5.74, 6) is -0.546. The Hall–Kier alpha value is -2.52. The van der Waals surface area contributed by atoms with Crippen LogP contribution in [0.1, 0.15) is 22.7 Å². The molecule has 3 heterocycles. The maximum atomic E-state index is 13.1. The Bertz CT molecular complexity index is 967. The minimum absolute atomic E-state index is 0.0401. The van der Waals surface area contributed by atoms with Crippen molar-refractivity contribution in [2.24, 2.45) is 5.10 Å². The first-order valence-electron chi connectivity index (χ1n) is 7.80. The van der Waals surface area contributed by atoms with Crippen molar-refractivity contribution < 1.29 is 14.3 Å². The molecule has 2 aromatic heterocycles. The van der Waals surface area contributed by atoms with E-state index in [1.54, 1.807) is 16.8 Å². The summed E-state index contributed by atoms with van der Waals surface area (Å²) < 4.78 is 14.7. The molecule has 0 bridgehead atoms. The van der Waals surface area contributed by atoms with Crippen LogP contribution in [0.2, 0.25) is 0 Å². The lowest BCUT2D eigenvalue weighted by Gasteiger charge is -2.21. The van der Waals surface area contributed by atoms with Gasteiger partial charge in [-0.05, 0) is 29.1 Å². The molecule has 132 valence electrons. The predicted molar refractivity (Wildman–Crippen MR) is 97.4 cm³/mol. The van der Waals surface area contributed by atoms with Gasteiger partial charge in [0.2, 0.25) is 5.16 Å². The van der Waals surface area contributed by atoms with Crippen LogP contribution in [-0.2, 0) is 11.2 Å². The molecule has 0 saturated carbocycles. The molecule has 3 aromatic rings. The lowest BCUT2D eigenvalue weighted by molar-refractivity contribution is -0.136. The second kappa shape index (κ2) is 7.00. The summed E-state index contributed by atoms with van der Waals surface area (Å²) in [4.78, 5) is 12.2. The summed E-state index contributed by atoms with van der Waals surface area (Å²) in [5.41, 5.74) is 1.60. The molecule has 0 unspecified atom stereocenters.